The Kier molecular flexibility index (Phi) is 7.59. The molecule has 3 rings (SSSR count). The van der Waals surface area contributed by atoms with E-state index < -0.39 is 29.0 Å². The first kappa shape index (κ1) is 24.4. The number of nitrogens with one attached hydrogen (secondary N) is 2. The second-order valence-corrected chi connectivity index (χ2v) is 7.85. The summed E-state index contributed by atoms with van der Waals surface area (Å²) in [7, 11) is 1.88. The van der Waals surface area contributed by atoms with Crippen LogP contribution in [-0.2, 0) is 11.3 Å². The average molecular weight is 467 g/mol. The third-order valence-corrected chi connectivity index (χ3v) is 5.36. The first-order chi connectivity index (χ1) is 16.2. The molecule has 178 valence electrons. The van der Waals surface area contributed by atoms with Crippen molar-refractivity contribution in [2.24, 2.45) is 0 Å². The zero-order valence-electron chi connectivity index (χ0n) is 18.7. The number of non-ortho nitro benzene ring substituents is 1. The number of nitrogens with zero attached hydrogens (tertiary/aromatic N) is 3. The van der Waals surface area contributed by atoms with E-state index in [2.05, 4.69) is 10.6 Å². The van der Waals surface area contributed by atoms with Gasteiger partial charge in [-0.25, -0.2) is 19.3 Å². The van der Waals surface area contributed by atoms with Crippen molar-refractivity contribution < 1.29 is 24.4 Å². The van der Waals surface area contributed by atoms with Gasteiger partial charge >= 0.3 is 18.0 Å². The second kappa shape index (κ2) is 10.6. The van der Waals surface area contributed by atoms with Crippen molar-refractivity contribution in [3.8, 4) is 0 Å². The molecule has 2 aromatic rings. The average Bonchev–Trinajstić information content (AvgIpc) is 2.78. The summed E-state index contributed by atoms with van der Waals surface area (Å²) in [5.74, 6) is -1.35. The molecule has 0 fully saturated rings. The summed E-state index contributed by atoms with van der Waals surface area (Å²) in [4.78, 5) is 51.1. The van der Waals surface area contributed by atoms with Crippen LogP contribution in [0.3, 0.4) is 0 Å². The van der Waals surface area contributed by atoms with Gasteiger partial charge in [0.2, 0.25) is 0 Å². The number of imide groups is 1. The molecule has 1 heterocycles. The molecule has 3 N–H and O–H groups in total. The van der Waals surface area contributed by atoms with Crippen molar-refractivity contribution in [1.29, 1.82) is 0 Å². The molecular formula is C23H25N5O6. The molecule has 4 amide bonds. The monoisotopic (exact) mass is 467 g/mol. The summed E-state index contributed by atoms with van der Waals surface area (Å²) in [5.41, 5.74) is 0.757. The van der Waals surface area contributed by atoms with Gasteiger partial charge in [-0.15, -0.1) is 0 Å². The molecule has 0 radical (unpaired) electrons. The van der Waals surface area contributed by atoms with Crippen molar-refractivity contribution in [2.45, 2.75) is 19.5 Å². The highest BCUT2D eigenvalue weighted by Crippen LogP contribution is 2.35. The number of likely N-dealkylation sites (N-methyl/N-ethyl adjacent to an activating group) is 1. The Morgan fingerprint density at radius 2 is 1.91 bits per heavy atom. The molecule has 11 heteroatoms. The number of carboxylic acid groups (broad SMARTS) is 1. The van der Waals surface area contributed by atoms with E-state index in [1.165, 1.54) is 25.1 Å². The van der Waals surface area contributed by atoms with Crippen LogP contribution < -0.4 is 10.6 Å². The van der Waals surface area contributed by atoms with Gasteiger partial charge in [0, 0.05) is 37.5 Å². The molecule has 0 bridgehead atoms. The van der Waals surface area contributed by atoms with Gasteiger partial charge in [0.1, 0.15) is 6.04 Å². The number of hydrogen-bond donors (Lipinski definition) is 3. The van der Waals surface area contributed by atoms with Crippen molar-refractivity contribution >= 4 is 23.7 Å². The van der Waals surface area contributed by atoms with E-state index in [1.807, 2.05) is 42.3 Å². The summed E-state index contributed by atoms with van der Waals surface area (Å²) in [6.45, 7) is 2.72. The lowest BCUT2D eigenvalue weighted by Crippen LogP contribution is -2.54. The van der Waals surface area contributed by atoms with Crippen molar-refractivity contribution in [2.75, 3.05) is 20.1 Å². The number of urea groups is 2. The van der Waals surface area contributed by atoms with Gasteiger partial charge in [0.05, 0.1) is 10.5 Å². The molecule has 0 saturated heterocycles. The maximum Gasteiger partial charge on any atom is 0.335 e. The minimum Gasteiger partial charge on any atom is -0.478 e. The van der Waals surface area contributed by atoms with Gasteiger partial charge in [-0.3, -0.25) is 10.1 Å². The van der Waals surface area contributed by atoms with Crippen LogP contribution in [0.2, 0.25) is 0 Å². The maximum absolute atomic E-state index is 13.0. The third kappa shape index (κ3) is 5.56. The SMILES string of the molecule is CC1=C(C(=O)O)C(c2cccc([N+](=O)[O-])c2)N(C(=O)NCCN(C)Cc2ccccc2)C(=O)N1. The number of carbonyl (C=O) groups excluding carboxylic acids is 2. The van der Waals surface area contributed by atoms with E-state index in [1.54, 1.807) is 0 Å². The van der Waals surface area contributed by atoms with E-state index in [9.17, 15) is 29.6 Å². The number of hydrogen-bond acceptors (Lipinski definition) is 6. The zero-order valence-corrected chi connectivity index (χ0v) is 18.7. The van der Waals surface area contributed by atoms with Crippen LogP contribution in [0.1, 0.15) is 24.1 Å². The van der Waals surface area contributed by atoms with Gasteiger partial charge in [-0.1, -0.05) is 42.5 Å². The fourth-order valence-electron chi connectivity index (χ4n) is 3.76. The Morgan fingerprint density at radius 1 is 1.21 bits per heavy atom. The predicted molar refractivity (Wildman–Crippen MR) is 123 cm³/mol. The van der Waals surface area contributed by atoms with E-state index in [0.717, 1.165) is 16.5 Å². The third-order valence-electron chi connectivity index (χ3n) is 5.36. The maximum atomic E-state index is 13.0. The highest BCUT2D eigenvalue weighted by molar-refractivity contribution is 6.01. The molecule has 1 aliphatic heterocycles. The largest absolute Gasteiger partial charge is 0.478 e. The molecule has 0 aromatic heterocycles. The minimum absolute atomic E-state index is 0.0562. The van der Waals surface area contributed by atoms with Crippen LogP contribution in [-0.4, -0.2) is 58.0 Å². The number of carboxylic acids is 1. The summed E-state index contributed by atoms with van der Waals surface area (Å²) >= 11 is 0. The first-order valence-corrected chi connectivity index (χ1v) is 10.5. The van der Waals surface area contributed by atoms with Gasteiger partial charge in [-0.2, -0.15) is 0 Å². The Balaban J connectivity index is 1.80. The summed E-state index contributed by atoms with van der Waals surface area (Å²) in [6.07, 6.45) is 0. The van der Waals surface area contributed by atoms with Crippen molar-refractivity contribution in [1.82, 2.24) is 20.4 Å². The number of nitro groups is 1. The number of nitro benzene ring substituents is 1. The number of benzene rings is 2. The molecule has 0 aliphatic carbocycles. The fraction of sp³-hybridized carbons (Fsp3) is 0.261. The highest BCUT2D eigenvalue weighted by atomic mass is 16.6. The lowest BCUT2D eigenvalue weighted by Gasteiger charge is -2.35. The van der Waals surface area contributed by atoms with E-state index in [4.69, 9.17) is 0 Å². The molecule has 2 aromatic carbocycles. The number of carbonyl (C=O) groups is 3. The molecule has 1 unspecified atom stereocenters. The molecule has 0 saturated carbocycles. The minimum atomic E-state index is -1.35. The van der Waals surface area contributed by atoms with Crippen LogP contribution in [0, 0.1) is 10.1 Å². The van der Waals surface area contributed by atoms with Crippen LogP contribution in [0.5, 0.6) is 0 Å². The zero-order chi connectivity index (χ0) is 24.8. The molecule has 1 aliphatic rings. The fourth-order valence-corrected chi connectivity index (χ4v) is 3.76. The normalized spacial score (nSPS) is 15.8. The van der Waals surface area contributed by atoms with E-state index in [-0.39, 0.29) is 29.1 Å². The van der Waals surface area contributed by atoms with Crippen molar-refractivity contribution in [3.05, 3.63) is 87.1 Å². The quantitative estimate of drug-likeness (QED) is 0.400. The molecular weight excluding hydrogens is 442 g/mol. The van der Waals surface area contributed by atoms with Crippen LogP contribution in [0.15, 0.2) is 65.9 Å². The second-order valence-electron chi connectivity index (χ2n) is 7.85. The lowest BCUT2D eigenvalue weighted by molar-refractivity contribution is -0.384. The molecule has 34 heavy (non-hydrogen) atoms. The van der Waals surface area contributed by atoms with Crippen LogP contribution in [0.4, 0.5) is 15.3 Å². The van der Waals surface area contributed by atoms with Gasteiger partial charge < -0.3 is 20.6 Å². The Bertz CT molecular complexity index is 1130. The number of aliphatic carboxylic acids is 1. The molecule has 0 spiro atoms. The van der Waals surface area contributed by atoms with Gasteiger partial charge in [-0.05, 0) is 25.1 Å². The van der Waals surface area contributed by atoms with E-state index in [0.29, 0.717) is 13.1 Å². The first-order valence-electron chi connectivity index (χ1n) is 10.5. The standard InChI is InChI=1S/C23H25N5O6/c1-15-19(21(29)30)20(17-9-6-10-18(13-17)28(33)34)27(23(32)25-15)22(31)24-11-12-26(2)14-16-7-4-3-5-8-16/h3-10,13,20H,11-12,14H2,1-2H3,(H,24,31)(H,25,32)(H,29,30). The Morgan fingerprint density at radius 3 is 2.56 bits per heavy atom. The summed E-state index contributed by atoms with van der Waals surface area (Å²) < 4.78 is 0. The predicted octanol–water partition coefficient (Wildman–Crippen LogP) is 2.86. The Labute approximate surface area is 195 Å². The summed E-state index contributed by atoms with van der Waals surface area (Å²) in [5, 5.41) is 26.1. The lowest BCUT2D eigenvalue weighted by atomic mass is 9.93. The van der Waals surface area contributed by atoms with E-state index >= 15 is 0 Å². The van der Waals surface area contributed by atoms with Gasteiger partial charge in [0.15, 0.2) is 0 Å². The number of allylic oxidation sites excluding steroid dienone is 1. The number of rotatable bonds is 8. The number of amides is 4. The van der Waals surface area contributed by atoms with Gasteiger partial charge in [0.25, 0.3) is 5.69 Å². The molecule has 1 atom stereocenters. The molecule has 11 nitrogen and oxygen atoms in total. The van der Waals surface area contributed by atoms with Crippen LogP contribution >= 0.6 is 0 Å². The smallest absolute Gasteiger partial charge is 0.335 e. The topological polar surface area (TPSA) is 145 Å². The summed E-state index contributed by atoms with van der Waals surface area (Å²) in [6, 6.07) is 12.0. The Hall–Kier alpha value is -4.25. The van der Waals surface area contributed by atoms with Crippen LogP contribution in [0.25, 0.3) is 0 Å². The highest BCUT2D eigenvalue weighted by Gasteiger charge is 2.41. The van der Waals surface area contributed by atoms with Crippen molar-refractivity contribution in [3.63, 3.8) is 0 Å².